The standard InChI is InChI=1S/C28H27F4N3O3/c29-23-10-5-4-9-21(23)25(37)19-14-12-18(13-15-19)24(36)11-6-16-33-27(38)22-17-35(20-7-2-1-3-8-20)34-26(22)28(30,31)32/h1-5,7-10,17-19H,6,11-16H2,(H,33,38). The molecule has 1 aliphatic rings. The molecule has 1 heterocycles. The van der Waals surface area contributed by atoms with Crippen LogP contribution in [0.3, 0.4) is 0 Å². The van der Waals surface area contributed by atoms with Crippen LogP contribution in [0.5, 0.6) is 0 Å². The van der Waals surface area contributed by atoms with Crippen molar-refractivity contribution in [3.8, 4) is 5.69 Å². The lowest BCUT2D eigenvalue weighted by atomic mass is 9.76. The van der Waals surface area contributed by atoms with Gasteiger partial charge in [0.05, 0.1) is 16.8 Å². The Morgan fingerprint density at radius 2 is 1.53 bits per heavy atom. The average Bonchev–Trinajstić information content (AvgIpc) is 3.38. The molecule has 0 bridgehead atoms. The van der Waals surface area contributed by atoms with Crippen LogP contribution in [0.2, 0.25) is 0 Å². The lowest BCUT2D eigenvalue weighted by Gasteiger charge is -2.27. The van der Waals surface area contributed by atoms with Gasteiger partial charge in [-0.15, -0.1) is 0 Å². The highest BCUT2D eigenvalue weighted by Gasteiger charge is 2.39. The van der Waals surface area contributed by atoms with Gasteiger partial charge in [-0.1, -0.05) is 30.3 Å². The van der Waals surface area contributed by atoms with Gasteiger partial charge in [-0.05, 0) is 56.4 Å². The molecule has 4 rings (SSSR count). The second-order valence-corrected chi connectivity index (χ2v) is 9.39. The molecule has 1 aliphatic carbocycles. The van der Waals surface area contributed by atoms with Gasteiger partial charge < -0.3 is 5.32 Å². The van der Waals surface area contributed by atoms with Crippen molar-refractivity contribution in [3.05, 3.63) is 83.4 Å². The summed E-state index contributed by atoms with van der Waals surface area (Å²) in [5.41, 5.74) is -1.42. The van der Waals surface area contributed by atoms with Crippen molar-refractivity contribution in [2.75, 3.05) is 6.54 Å². The molecule has 10 heteroatoms. The molecular weight excluding hydrogens is 502 g/mol. The van der Waals surface area contributed by atoms with Gasteiger partial charge >= 0.3 is 6.18 Å². The Balaban J connectivity index is 1.26. The van der Waals surface area contributed by atoms with Crippen molar-refractivity contribution >= 4 is 17.5 Å². The summed E-state index contributed by atoms with van der Waals surface area (Å²) < 4.78 is 55.4. The number of hydrogen-bond donors (Lipinski definition) is 1. The predicted octanol–water partition coefficient (Wildman–Crippen LogP) is 5.80. The van der Waals surface area contributed by atoms with Crippen LogP contribution in [0.25, 0.3) is 5.69 Å². The molecular formula is C28H27F4N3O3. The number of halogens is 4. The van der Waals surface area contributed by atoms with Crippen molar-refractivity contribution in [1.82, 2.24) is 15.1 Å². The Morgan fingerprint density at radius 3 is 2.18 bits per heavy atom. The molecule has 1 N–H and O–H groups in total. The maximum absolute atomic E-state index is 13.9. The maximum Gasteiger partial charge on any atom is 0.435 e. The number of Topliss-reactive ketones (excluding diaryl/α,β-unsaturated/α-hetero) is 2. The Morgan fingerprint density at radius 1 is 0.895 bits per heavy atom. The molecule has 1 aromatic heterocycles. The SMILES string of the molecule is O=C(NCCCC(=O)C1CCC(C(=O)c2ccccc2F)CC1)c1cn(-c2ccccc2)nc1C(F)(F)F. The van der Waals surface area contributed by atoms with Crippen LogP contribution in [-0.4, -0.2) is 33.8 Å². The molecule has 200 valence electrons. The van der Waals surface area contributed by atoms with E-state index in [1.807, 2.05) is 0 Å². The fourth-order valence-electron chi connectivity index (χ4n) is 4.78. The molecule has 0 spiro atoms. The number of aromatic nitrogens is 2. The summed E-state index contributed by atoms with van der Waals surface area (Å²) in [5, 5.41) is 6.02. The van der Waals surface area contributed by atoms with Crippen LogP contribution in [0.4, 0.5) is 17.6 Å². The first-order valence-corrected chi connectivity index (χ1v) is 12.5. The topological polar surface area (TPSA) is 81.1 Å². The number of alkyl halides is 3. The van der Waals surface area contributed by atoms with Gasteiger partial charge in [-0.3, -0.25) is 14.4 Å². The Bertz CT molecular complexity index is 1300. The highest BCUT2D eigenvalue weighted by molar-refractivity contribution is 5.98. The van der Waals surface area contributed by atoms with E-state index in [0.29, 0.717) is 31.4 Å². The molecule has 1 saturated carbocycles. The van der Waals surface area contributed by atoms with Gasteiger partial charge in [0.25, 0.3) is 5.91 Å². The molecule has 3 aromatic rings. The largest absolute Gasteiger partial charge is 0.435 e. The average molecular weight is 530 g/mol. The van der Waals surface area contributed by atoms with Gasteiger partial charge in [0.2, 0.25) is 0 Å². The second kappa shape index (κ2) is 11.7. The van der Waals surface area contributed by atoms with E-state index in [-0.39, 0.29) is 48.4 Å². The number of benzene rings is 2. The number of ketones is 2. The van der Waals surface area contributed by atoms with Crippen molar-refractivity contribution in [1.29, 1.82) is 0 Å². The summed E-state index contributed by atoms with van der Waals surface area (Å²) in [5.74, 6) is -2.27. The van der Waals surface area contributed by atoms with Gasteiger partial charge in [0, 0.05) is 31.0 Å². The number of amides is 1. The minimum atomic E-state index is -4.81. The summed E-state index contributed by atoms with van der Waals surface area (Å²) >= 11 is 0. The highest BCUT2D eigenvalue weighted by atomic mass is 19.4. The van der Waals surface area contributed by atoms with E-state index >= 15 is 0 Å². The molecule has 0 aliphatic heterocycles. The molecule has 0 radical (unpaired) electrons. The number of nitrogens with zero attached hydrogens (tertiary/aromatic N) is 2. The first kappa shape index (κ1) is 27.2. The van der Waals surface area contributed by atoms with Crippen LogP contribution in [0.15, 0.2) is 60.8 Å². The summed E-state index contributed by atoms with van der Waals surface area (Å²) in [7, 11) is 0. The Hall–Kier alpha value is -3.82. The van der Waals surface area contributed by atoms with Gasteiger partial charge in [-0.2, -0.15) is 18.3 Å². The molecule has 0 atom stereocenters. The van der Waals surface area contributed by atoms with Crippen LogP contribution in [0, 0.1) is 17.7 Å². The molecule has 1 amide bonds. The third kappa shape index (κ3) is 6.35. The number of para-hydroxylation sites is 1. The first-order valence-electron chi connectivity index (χ1n) is 12.5. The van der Waals surface area contributed by atoms with E-state index < -0.39 is 29.2 Å². The highest BCUT2D eigenvalue weighted by Crippen LogP contribution is 2.33. The Labute approximate surface area is 217 Å². The van der Waals surface area contributed by atoms with Crippen molar-refractivity contribution in [3.63, 3.8) is 0 Å². The van der Waals surface area contributed by atoms with Gasteiger partial charge in [0.15, 0.2) is 11.5 Å². The number of carbonyl (C=O) groups is 3. The second-order valence-electron chi connectivity index (χ2n) is 9.39. The summed E-state index contributed by atoms with van der Waals surface area (Å²) in [6.45, 7) is 0.0273. The van der Waals surface area contributed by atoms with E-state index in [1.165, 1.54) is 18.2 Å². The summed E-state index contributed by atoms with van der Waals surface area (Å²) in [4.78, 5) is 37.8. The molecule has 38 heavy (non-hydrogen) atoms. The van der Waals surface area contributed by atoms with Gasteiger partial charge in [-0.25, -0.2) is 9.07 Å². The van der Waals surface area contributed by atoms with Crippen LogP contribution in [0.1, 0.15) is 64.9 Å². The molecule has 2 aromatic carbocycles. The molecule has 0 saturated heterocycles. The predicted molar refractivity (Wildman–Crippen MR) is 131 cm³/mol. The summed E-state index contributed by atoms with van der Waals surface area (Å²) in [6.07, 6.45) is -1.32. The van der Waals surface area contributed by atoms with Crippen LogP contribution in [-0.2, 0) is 11.0 Å². The maximum atomic E-state index is 13.9. The summed E-state index contributed by atoms with van der Waals surface area (Å²) in [6, 6.07) is 14.0. The normalized spacial score (nSPS) is 17.7. The third-order valence-electron chi connectivity index (χ3n) is 6.83. The monoisotopic (exact) mass is 529 g/mol. The minimum absolute atomic E-state index is 0.0103. The van der Waals surface area contributed by atoms with Crippen molar-refractivity contribution < 1.29 is 31.9 Å². The van der Waals surface area contributed by atoms with E-state index in [2.05, 4.69) is 10.4 Å². The number of carbonyl (C=O) groups excluding carboxylic acids is 3. The van der Waals surface area contributed by atoms with Crippen LogP contribution >= 0.6 is 0 Å². The molecule has 0 unspecified atom stereocenters. The van der Waals surface area contributed by atoms with Gasteiger partial charge in [0.1, 0.15) is 11.6 Å². The van der Waals surface area contributed by atoms with E-state index in [0.717, 1.165) is 10.9 Å². The first-order chi connectivity index (χ1) is 18.1. The van der Waals surface area contributed by atoms with Crippen molar-refractivity contribution in [2.24, 2.45) is 11.8 Å². The number of rotatable bonds is 9. The number of hydrogen-bond acceptors (Lipinski definition) is 4. The Kier molecular flexibility index (Phi) is 8.38. The fourth-order valence-corrected chi connectivity index (χ4v) is 4.78. The van der Waals surface area contributed by atoms with Crippen LogP contribution < -0.4 is 5.32 Å². The molecule has 1 fully saturated rings. The smallest absolute Gasteiger partial charge is 0.352 e. The van der Waals surface area contributed by atoms with Crippen molar-refractivity contribution in [2.45, 2.75) is 44.7 Å². The quantitative estimate of drug-likeness (QED) is 0.216. The lowest BCUT2D eigenvalue weighted by Crippen LogP contribution is -2.29. The minimum Gasteiger partial charge on any atom is -0.352 e. The fraction of sp³-hybridized carbons (Fsp3) is 0.357. The van der Waals surface area contributed by atoms with E-state index in [9.17, 15) is 31.9 Å². The third-order valence-corrected chi connectivity index (χ3v) is 6.83. The zero-order valence-corrected chi connectivity index (χ0v) is 20.5. The lowest BCUT2D eigenvalue weighted by molar-refractivity contribution is -0.141. The zero-order chi connectivity index (χ0) is 27.3. The van der Waals surface area contributed by atoms with E-state index in [1.54, 1.807) is 36.4 Å². The van der Waals surface area contributed by atoms with E-state index in [4.69, 9.17) is 0 Å². The zero-order valence-electron chi connectivity index (χ0n) is 20.5. The molecule has 6 nitrogen and oxygen atoms in total. The number of nitrogens with one attached hydrogen (secondary N) is 1.